The first-order valence-electron chi connectivity index (χ1n) is 5.70. The minimum Gasteiger partial charge on any atom is -0.618 e. The molecule has 0 aliphatic rings. The average Bonchev–Trinajstić information content (AvgIpc) is 2.32. The third kappa shape index (κ3) is 1.39. The SMILES string of the molecule is Cc1cc2nc3cccc(O)c3[n+]([O-])c2cc1C. The van der Waals surface area contributed by atoms with E-state index in [-0.39, 0.29) is 11.3 Å². The lowest BCUT2D eigenvalue weighted by atomic mass is 10.1. The average molecular weight is 240 g/mol. The van der Waals surface area contributed by atoms with Crippen molar-refractivity contribution >= 4 is 22.1 Å². The van der Waals surface area contributed by atoms with E-state index in [1.807, 2.05) is 19.9 Å². The molecule has 0 radical (unpaired) electrons. The number of para-hydroxylation sites is 1. The van der Waals surface area contributed by atoms with Gasteiger partial charge in [-0.2, -0.15) is 4.73 Å². The molecule has 2 aromatic carbocycles. The number of benzene rings is 2. The van der Waals surface area contributed by atoms with E-state index in [9.17, 15) is 10.3 Å². The first-order valence-corrected chi connectivity index (χ1v) is 5.70. The normalized spacial score (nSPS) is 11.2. The summed E-state index contributed by atoms with van der Waals surface area (Å²) < 4.78 is 0.749. The third-order valence-electron chi connectivity index (χ3n) is 3.25. The van der Waals surface area contributed by atoms with Crippen molar-refractivity contribution in [3.8, 4) is 5.75 Å². The van der Waals surface area contributed by atoms with Crippen LogP contribution in [0, 0.1) is 19.1 Å². The molecule has 1 aromatic heterocycles. The number of nitrogens with zero attached hydrogens (tertiary/aromatic N) is 2. The highest BCUT2D eigenvalue weighted by Gasteiger charge is 2.16. The molecule has 0 bridgehead atoms. The molecule has 0 amide bonds. The zero-order valence-corrected chi connectivity index (χ0v) is 10.1. The summed E-state index contributed by atoms with van der Waals surface area (Å²) in [7, 11) is 0. The fourth-order valence-corrected chi connectivity index (χ4v) is 2.11. The minimum absolute atomic E-state index is 0.0462. The van der Waals surface area contributed by atoms with Gasteiger partial charge in [-0.15, -0.1) is 0 Å². The van der Waals surface area contributed by atoms with Crippen LogP contribution in [0.25, 0.3) is 22.1 Å². The van der Waals surface area contributed by atoms with E-state index in [1.54, 1.807) is 18.2 Å². The van der Waals surface area contributed by atoms with Gasteiger partial charge in [-0.05, 0) is 43.2 Å². The smallest absolute Gasteiger partial charge is 0.285 e. The Morgan fingerprint density at radius 1 is 1.11 bits per heavy atom. The van der Waals surface area contributed by atoms with Gasteiger partial charge >= 0.3 is 0 Å². The summed E-state index contributed by atoms with van der Waals surface area (Å²) in [6, 6.07) is 8.58. The maximum absolute atomic E-state index is 12.3. The van der Waals surface area contributed by atoms with E-state index in [0.29, 0.717) is 16.6 Å². The van der Waals surface area contributed by atoms with Crippen LogP contribution in [0.3, 0.4) is 0 Å². The number of aromatic nitrogens is 2. The van der Waals surface area contributed by atoms with E-state index in [0.717, 1.165) is 15.9 Å². The zero-order chi connectivity index (χ0) is 12.9. The Labute approximate surface area is 104 Å². The van der Waals surface area contributed by atoms with E-state index >= 15 is 0 Å². The largest absolute Gasteiger partial charge is 0.618 e. The van der Waals surface area contributed by atoms with Crippen LogP contribution in [0.2, 0.25) is 0 Å². The molecule has 0 atom stereocenters. The second-order valence-corrected chi connectivity index (χ2v) is 4.48. The van der Waals surface area contributed by atoms with Gasteiger partial charge in [-0.1, -0.05) is 6.07 Å². The summed E-state index contributed by atoms with van der Waals surface area (Å²) >= 11 is 0. The molecule has 4 nitrogen and oxygen atoms in total. The maximum atomic E-state index is 12.3. The Bertz CT molecular complexity index is 782. The number of rotatable bonds is 0. The molecule has 0 unspecified atom stereocenters. The Morgan fingerprint density at radius 2 is 1.83 bits per heavy atom. The quantitative estimate of drug-likeness (QED) is 0.373. The molecule has 0 aliphatic carbocycles. The second-order valence-electron chi connectivity index (χ2n) is 4.48. The van der Waals surface area contributed by atoms with Gasteiger partial charge < -0.3 is 10.3 Å². The van der Waals surface area contributed by atoms with Crippen molar-refractivity contribution in [2.75, 3.05) is 0 Å². The highest BCUT2D eigenvalue weighted by Crippen LogP contribution is 2.23. The van der Waals surface area contributed by atoms with E-state index in [2.05, 4.69) is 4.98 Å². The summed E-state index contributed by atoms with van der Waals surface area (Å²) in [6.45, 7) is 3.93. The van der Waals surface area contributed by atoms with Gasteiger partial charge in [0.05, 0.1) is 0 Å². The molecule has 0 saturated carbocycles. The molecule has 3 rings (SSSR count). The lowest BCUT2D eigenvalue weighted by Crippen LogP contribution is -2.29. The predicted molar refractivity (Wildman–Crippen MR) is 69.3 cm³/mol. The first-order chi connectivity index (χ1) is 8.58. The predicted octanol–water partition coefficient (Wildman–Crippen LogP) is 2.34. The minimum atomic E-state index is -0.0462. The van der Waals surface area contributed by atoms with Crippen LogP contribution in [0.4, 0.5) is 0 Å². The summed E-state index contributed by atoms with van der Waals surface area (Å²) in [6.07, 6.45) is 0. The van der Waals surface area contributed by atoms with Crippen LogP contribution >= 0.6 is 0 Å². The molecule has 0 fully saturated rings. The zero-order valence-electron chi connectivity index (χ0n) is 10.1. The van der Waals surface area contributed by atoms with E-state index in [4.69, 9.17) is 0 Å². The van der Waals surface area contributed by atoms with Crippen LogP contribution in [0.15, 0.2) is 30.3 Å². The first kappa shape index (κ1) is 10.8. The van der Waals surface area contributed by atoms with Gasteiger partial charge in [0.15, 0.2) is 5.75 Å². The number of hydrogen-bond acceptors (Lipinski definition) is 3. The van der Waals surface area contributed by atoms with E-state index < -0.39 is 0 Å². The standard InChI is InChI=1S/C14H12N2O2/c1-8-6-11-12(7-9(8)2)16(18)14-10(15-11)4-3-5-13(14)17/h3-7,17H,1-2H3. The van der Waals surface area contributed by atoms with Crippen molar-refractivity contribution in [1.82, 2.24) is 4.98 Å². The van der Waals surface area contributed by atoms with Crippen LogP contribution in [0.1, 0.15) is 11.1 Å². The molecular formula is C14H12N2O2. The van der Waals surface area contributed by atoms with Gasteiger partial charge in [0.1, 0.15) is 11.0 Å². The van der Waals surface area contributed by atoms with Crippen molar-refractivity contribution in [1.29, 1.82) is 0 Å². The fraction of sp³-hybridized carbons (Fsp3) is 0.143. The lowest BCUT2D eigenvalue weighted by molar-refractivity contribution is -0.548. The Kier molecular flexibility index (Phi) is 2.13. The molecule has 0 spiro atoms. The number of phenolic OH excluding ortho intramolecular Hbond substituents is 1. The molecule has 0 saturated heterocycles. The van der Waals surface area contributed by atoms with Gasteiger partial charge in [-0.3, -0.25) is 0 Å². The summed E-state index contributed by atoms with van der Waals surface area (Å²) in [4.78, 5) is 4.42. The molecular weight excluding hydrogens is 228 g/mol. The van der Waals surface area contributed by atoms with Gasteiger partial charge in [0.25, 0.3) is 5.52 Å². The molecule has 90 valence electrons. The maximum Gasteiger partial charge on any atom is 0.285 e. The van der Waals surface area contributed by atoms with Crippen molar-refractivity contribution < 1.29 is 9.84 Å². The number of phenols is 1. The van der Waals surface area contributed by atoms with Crippen molar-refractivity contribution in [2.24, 2.45) is 0 Å². The Hall–Kier alpha value is -2.36. The highest BCUT2D eigenvalue weighted by atomic mass is 16.5. The Morgan fingerprint density at radius 3 is 2.61 bits per heavy atom. The summed E-state index contributed by atoms with van der Waals surface area (Å²) in [5.41, 5.74) is 3.96. The van der Waals surface area contributed by atoms with E-state index in [1.165, 1.54) is 6.07 Å². The van der Waals surface area contributed by atoms with Crippen LogP contribution in [-0.2, 0) is 0 Å². The molecule has 18 heavy (non-hydrogen) atoms. The van der Waals surface area contributed by atoms with Crippen molar-refractivity contribution in [2.45, 2.75) is 13.8 Å². The van der Waals surface area contributed by atoms with Crippen LogP contribution < -0.4 is 4.73 Å². The Balaban J connectivity index is 2.57. The molecule has 1 N–H and O–H groups in total. The van der Waals surface area contributed by atoms with Gasteiger partial charge in [0.2, 0.25) is 5.52 Å². The van der Waals surface area contributed by atoms with Crippen LogP contribution in [-0.4, -0.2) is 10.1 Å². The molecule has 0 aliphatic heterocycles. The number of aromatic hydroxyl groups is 1. The number of hydrogen-bond donors (Lipinski definition) is 1. The third-order valence-corrected chi connectivity index (χ3v) is 3.25. The van der Waals surface area contributed by atoms with Crippen LogP contribution in [0.5, 0.6) is 5.75 Å². The topological polar surface area (TPSA) is 60.1 Å². The molecule has 3 aromatic rings. The monoisotopic (exact) mass is 240 g/mol. The summed E-state index contributed by atoms with van der Waals surface area (Å²) in [5.74, 6) is -0.0462. The fourth-order valence-electron chi connectivity index (χ4n) is 2.11. The summed E-state index contributed by atoms with van der Waals surface area (Å²) in [5, 5.41) is 22.1. The molecule has 1 heterocycles. The highest BCUT2D eigenvalue weighted by molar-refractivity contribution is 5.85. The van der Waals surface area contributed by atoms with Gasteiger partial charge in [-0.25, -0.2) is 4.98 Å². The van der Waals surface area contributed by atoms with Crippen molar-refractivity contribution in [3.63, 3.8) is 0 Å². The van der Waals surface area contributed by atoms with Gasteiger partial charge in [0, 0.05) is 6.07 Å². The lowest BCUT2D eigenvalue weighted by Gasteiger charge is -2.08. The van der Waals surface area contributed by atoms with Crippen molar-refractivity contribution in [3.05, 3.63) is 46.7 Å². The second kappa shape index (κ2) is 3.57. The number of aryl methyl sites for hydroxylation is 2. The molecule has 4 heteroatoms. The number of fused-ring (bicyclic) bond motifs is 2.